The molecular weight excluding hydrogens is 265 g/mol. The molecule has 0 saturated heterocycles. The monoisotopic (exact) mass is 279 g/mol. The minimum atomic E-state index is -0.305. The highest BCUT2D eigenvalue weighted by molar-refractivity contribution is 6.33. The van der Waals surface area contributed by atoms with Gasteiger partial charge in [-0.05, 0) is 30.7 Å². The summed E-state index contributed by atoms with van der Waals surface area (Å²) in [6.45, 7) is 2.80. The molecule has 0 radical (unpaired) electrons. The van der Waals surface area contributed by atoms with Gasteiger partial charge in [-0.15, -0.1) is 0 Å². The number of benzene rings is 1. The minimum Gasteiger partial charge on any atom is -0.326 e. The lowest BCUT2D eigenvalue weighted by Crippen LogP contribution is -2.19. The number of aromatic nitrogens is 1. The normalized spacial score (nSPS) is 10.5. The zero-order valence-electron chi connectivity index (χ0n) is 10.6. The number of nitrogens with two attached hydrogens (primary N) is 1. The van der Waals surface area contributed by atoms with E-state index in [9.17, 15) is 4.39 Å². The average Bonchev–Trinajstić information content (AvgIpc) is 2.43. The highest BCUT2D eigenvalue weighted by atomic mass is 35.5. The number of anilines is 2. The van der Waals surface area contributed by atoms with Crippen molar-refractivity contribution in [3.05, 3.63) is 52.9 Å². The zero-order valence-corrected chi connectivity index (χ0v) is 11.4. The van der Waals surface area contributed by atoms with E-state index in [4.69, 9.17) is 17.3 Å². The molecule has 0 spiro atoms. The van der Waals surface area contributed by atoms with E-state index in [1.807, 2.05) is 6.92 Å². The smallest absolute Gasteiger partial charge is 0.152 e. The van der Waals surface area contributed by atoms with Crippen LogP contribution in [0, 0.1) is 5.82 Å². The van der Waals surface area contributed by atoms with Crippen LogP contribution in [0.5, 0.6) is 0 Å². The summed E-state index contributed by atoms with van der Waals surface area (Å²) in [5, 5.41) is 0.468. The van der Waals surface area contributed by atoms with Gasteiger partial charge in [0.1, 0.15) is 5.82 Å². The van der Waals surface area contributed by atoms with Crippen LogP contribution >= 0.6 is 11.6 Å². The number of rotatable bonds is 4. The fourth-order valence-electron chi connectivity index (χ4n) is 1.92. The topological polar surface area (TPSA) is 42.2 Å². The molecule has 0 aliphatic heterocycles. The Hall–Kier alpha value is -1.65. The van der Waals surface area contributed by atoms with Crippen molar-refractivity contribution in [2.24, 2.45) is 5.73 Å². The zero-order chi connectivity index (χ0) is 13.8. The SMILES string of the molecule is CCN(c1ccccc1F)c1nccc(CN)c1Cl. The Morgan fingerprint density at radius 2 is 2.05 bits per heavy atom. The first-order chi connectivity index (χ1) is 9.19. The molecule has 3 nitrogen and oxygen atoms in total. The van der Waals surface area contributed by atoms with Crippen molar-refractivity contribution < 1.29 is 4.39 Å². The molecule has 0 unspecified atom stereocenters. The van der Waals surface area contributed by atoms with E-state index in [0.29, 0.717) is 29.6 Å². The molecule has 1 aromatic carbocycles. The van der Waals surface area contributed by atoms with Gasteiger partial charge in [-0.25, -0.2) is 9.37 Å². The summed E-state index contributed by atoms with van der Waals surface area (Å²) >= 11 is 6.28. The quantitative estimate of drug-likeness (QED) is 0.931. The summed E-state index contributed by atoms with van der Waals surface area (Å²) in [6, 6.07) is 8.31. The summed E-state index contributed by atoms with van der Waals surface area (Å²) < 4.78 is 13.9. The summed E-state index contributed by atoms with van der Waals surface area (Å²) in [4.78, 5) is 5.98. The second-order valence-corrected chi connectivity index (χ2v) is 4.39. The molecule has 2 rings (SSSR count). The van der Waals surface area contributed by atoms with Gasteiger partial charge in [0.25, 0.3) is 0 Å². The van der Waals surface area contributed by atoms with Crippen LogP contribution in [0.25, 0.3) is 0 Å². The molecule has 2 aromatic rings. The van der Waals surface area contributed by atoms with Gasteiger partial charge >= 0.3 is 0 Å². The maximum absolute atomic E-state index is 13.9. The van der Waals surface area contributed by atoms with E-state index in [-0.39, 0.29) is 5.82 Å². The molecule has 19 heavy (non-hydrogen) atoms. The van der Waals surface area contributed by atoms with Crippen LogP contribution in [0.4, 0.5) is 15.9 Å². The second kappa shape index (κ2) is 5.99. The van der Waals surface area contributed by atoms with Gasteiger partial charge in [0.2, 0.25) is 0 Å². The number of nitrogens with zero attached hydrogens (tertiary/aromatic N) is 2. The molecule has 2 N–H and O–H groups in total. The Morgan fingerprint density at radius 1 is 1.32 bits per heavy atom. The molecule has 100 valence electrons. The van der Waals surface area contributed by atoms with Crippen LogP contribution in [-0.4, -0.2) is 11.5 Å². The van der Waals surface area contributed by atoms with Crippen molar-refractivity contribution in [2.75, 3.05) is 11.4 Å². The fourth-order valence-corrected chi connectivity index (χ4v) is 2.21. The van der Waals surface area contributed by atoms with E-state index in [1.165, 1.54) is 6.07 Å². The van der Waals surface area contributed by atoms with Crippen molar-refractivity contribution in [2.45, 2.75) is 13.5 Å². The number of para-hydroxylation sites is 1. The largest absolute Gasteiger partial charge is 0.326 e. The van der Waals surface area contributed by atoms with Crippen LogP contribution in [0.2, 0.25) is 5.02 Å². The summed E-state index contributed by atoms with van der Waals surface area (Å²) in [6.07, 6.45) is 1.63. The Morgan fingerprint density at radius 3 is 2.68 bits per heavy atom. The van der Waals surface area contributed by atoms with Crippen LogP contribution < -0.4 is 10.6 Å². The number of halogens is 2. The maximum atomic E-state index is 13.9. The van der Waals surface area contributed by atoms with Gasteiger partial charge in [0.15, 0.2) is 5.82 Å². The summed E-state index contributed by atoms with van der Waals surface area (Å²) in [5.74, 6) is 0.220. The third-order valence-corrected chi connectivity index (χ3v) is 3.30. The van der Waals surface area contributed by atoms with Crippen molar-refractivity contribution in [3.8, 4) is 0 Å². The van der Waals surface area contributed by atoms with E-state index in [0.717, 1.165) is 5.56 Å². The predicted octanol–water partition coefficient (Wildman–Crippen LogP) is 3.49. The molecule has 0 aliphatic rings. The van der Waals surface area contributed by atoms with Crippen LogP contribution in [-0.2, 0) is 6.54 Å². The van der Waals surface area contributed by atoms with Crippen LogP contribution in [0.15, 0.2) is 36.5 Å². The van der Waals surface area contributed by atoms with Gasteiger partial charge in [-0.2, -0.15) is 0 Å². The molecule has 0 bridgehead atoms. The van der Waals surface area contributed by atoms with Gasteiger partial charge in [-0.3, -0.25) is 0 Å². The molecule has 0 saturated carbocycles. The fraction of sp³-hybridized carbons (Fsp3) is 0.214. The molecule has 0 aliphatic carbocycles. The van der Waals surface area contributed by atoms with E-state index < -0.39 is 0 Å². The van der Waals surface area contributed by atoms with Crippen LogP contribution in [0.1, 0.15) is 12.5 Å². The standard InChI is InChI=1S/C14H15ClFN3/c1-2-19(12-6-4-3-5-11(12)16)14-13(15)10(9-17)7-8-18-14/h3-8H,2,9,17H2,1H3. The molecule has 5 heteroatoms. The van der Waals surface area contributed by atoms with E-state index >= 15 is 0 Å². The summed E-state index contributed by atoms with van der Waals surface area (Å²) in [5.41, 5.74) is 6.87. The third kappa shape index (κ3) is 2.69. The molecule has 1 heterocycles. The van der Waals surface area contributed by atoms with Gasteiger partial charge in [-0.1, -0.05) is 23.7 Å². The first-order valence-corrected chi connectivity index (χ1v) is 6.42. The Labute approximate surface area is 116 Å². The first-order valence-electron chi connectivity index (χ1n) is 6.04. The first kappa shape index (κ1) is 13.8. The van der Waals surface area contributed by atoms with Gasteiger partial charge in [0, 0.05) is 19.3 Å². The molecule has 0 atom stereocenters. The van der Waals surface area contributed by atoms with Gasteiger partial charge < -0.3 is 10.6 Å². The Bertz CT molecular complexity index is 574. The average molecular weight is 280 g/mol. The number of hydrogen-bond acceptors (Lipinski definition) is 3. The van der Waals surface area contributed by atoms with Crippen molar-refractivity contribution in [1.82, 2.24) is 4.98 Å². The number of hydrogen-bond donors (Lipinski definition) is 1. The van der Waals surface area contributed by atoms with Crippen molar-refractivity contribution >= 4 is 23.1 Å². The molecule has 0 fully saturated rings. The highest BCUT2D eigenvalue weighted by Crippen LogP contribution is 2.32. The lowest BCUT2D eigenvalue weighted by atomic mass is 10.2. The molecular formula is C14H15ClFN3. The lowest BCUT2D eigenvalue weighted by molar-refractivity contribution is 0.625. The number of pyridine rings is 1. The predicted molar refractivity (Wildman–Crippen MR) is 76.2 cm³/mol. The van der Waals surface area contributed by atoms with E-state index in [1.54, 1.807) is 35.4 Å². The highest BCUT2D eigenvalue weighted by Gasteiger charge is 2.17. The van der Waals surface area contributed by atoms with E-state index in [2.05, 4.69) is 4.98 Å². The maximum Gasteiger partial charge on any atom is 0.152 e. The Kier molecular flexibility index (Phi) is 4.35. The Balaban J connectivity index is 2.52. The molecule has 1 aromatic heterocycles. The van der Waals surface area contributed by atoms with Crippen molar-refractivity contribution in [1.29, 1.82) is 0 Å². The third-order valence-electron chi connectivity index (χ3n) is 2.89. The lowest BCUT2D eigenvalue weighted by Gasteiger charge is -2.24. The van der Waals surface area contributed by atoms with Crippen LogP contribution in [0.3, 0.4) is 0 Å². The van der Waals surface area contributed by atoms with Crippen molar-refractivity contribution in [3.63, 3.8) is 0 Å². The minimum absolute atomic E-state index is 0.305. The summed E-state index contributed by atoms with van der Waals surface area (Å²) in [7, 11) is 0. The van der Waals surface area contributed by atoms with Gasteiger partial charge in [0.05, 0.1) is 10.7 Å². The molecule has 0 amide bonds. The second-order valence-electron chi connectivity index (χ2n) is 4.01.